The molecule has 0 radical (unpaired) electrons. The molecule has 7 heteroatoms. The first-order valence-electron chi connectivity index (χ1n) is 6.47. The van der Waals surface area contributed by atoms with Gasteiger partial charge in [0.05, 0.1) is 11.3 Å². The fourth-order valence-electron chi connectivity index (χ4n) is 1.65. The lowest BCUT2D eigenvalue weighted by Gasteiger charge is -2.05. The molecular weight excluding hydrogens is 305 g/mol. The van der Waals surface area contributed by atoms with Crippen LogP contribution in [0.1, 0.15) is 23.0 Å². The second kappa shape index (κ2) is 7.46. The fourth-order valence-corrected chi connectivity index (χ4v) is 2.27. The van der Waals surface area contributed by atoms with Crippen LogP contribution in [-0.2, 0) is 4.79 Å². The molecule has 2 rings (SSSR count). The van der Waals surface area contributed by atoms with E-state index in [0.717, 1.165) is 0 Å². The van der Waals surface area contributed by atoms with Crippen LogP contribution in [-0.4, -0.2) is 17.5 Å². The molecule has 1 aromatic heterocycles. The number of rotatable bonds is 5. The Bertz CT molecular complexity index is 699. The maximum atomic E-state index is 13.0. The predicted molar refractivity (Wildman–Crippen MR) is 84.5 cm³/mol. The second-order valence-electron chi connectivity index (χ2n) is 4.50. The van der Waals surface area contributed by atoms with Crippen molar-refractivity contribution in [1.29, 1.82) is 0 Å². The van der Waals surface area contributed by atoms with Crippen LogP contribution in [0, 0.1) is 5.82 Å². The number of anilines is 1. The summed E-state index contributed by atoms with van der Waals surface area (Å²) in [5.74, 6) is -1.08. The average molecular weight is 319 g/mol. The molecule has 0 saturated carbocycles. The van der Waals surface area contributed by atoms with Gasteiger partial charge in [-0.2, -0.15) is 5.10 Å². The van der Waals surface area contributed by atoms with Crippen molar-refractivity contribution in [3.05, 3.63) is 52.5 Å². The van der Waals surface area contributed by atoms with E-state index in [0.29, 0.717) is 16.3 Å². The highest BCUT2D eigenvalue weighted by atomic mass is 32.1. The lowest BCUT2D eigenvalue weighted by Crippen LogP contribution is -2.20. The summed E-state index contributed by atoms with van der Waals surface area (Å²) in [7, 11) is 0. The largest absolute Gasteiger partial charge is 0.326 e. The summed E-state index contributed by atoms with van der Waals surface area (Å²) < 4.78 is 13.0. The van der Waals surface area contributed by atoms with Gasteiger partial charge in [0, 0.05) is 11.4 Å². The van der Waals surface area contributed by atoms with Gasteiger partial charge in [0.15, 0.2) is 0 Å². The minimum atomic E-state index is -0.425. The molecule has 0 fully saturated rings. The van der Waals surface area contributed by atoms with Crippen LogP contribution in [0.3, 0.4) is 0 Å². The number of hydrazone groups is 1. The lowest BCUT2D eigenvalue weighted by atomic mass is 10.2. The summed E-state index contributed by atoms with van der Waals surface area (Å²) >= 11 is 1.30. The summed E-state index contributed by atoms with van der Waals surface area (Å²) in [5.41, 5.74) is 3.20. The Balaban J connectivity index is 1.85. The first-order chi connectivity index (χ1) is 10.5. The second-order valence-corrected chi connectivity index (χ2v) is 5.45. The molecule has 1 heterocycles. The highest BCUT2D eigenvalue weighted by molar-refractivity contribution is 7.12. The molecule has 0 unspecified atom stereocenters. The zero-order valence-corrected chi connectivity index (χ0v) is 12.6. The van der Waals surface area contributed by atoms with Crippen molar-refractivity contribution in [2.75, 3.05) is 5.32 Å². The fraction of sp³-hybridized carbons (Fsp3) is 0.133. The van der Waals surface area contributed by atoms with Gasteiger partial charge in [-0.25, -0.2) is 9.82 Å². The third-order valence-corrected chi connectivity index (χ3v) is 3.49. The van der Waals surface area contributed by atoms with Gasteiger partial charge in [0.2, 0.25) is 5.91 Å². The number of amides is 2. The van der Waals surface area contributed by atoms with Gasteiger partial charge in [0.1, 0.15) is 5.82 Å². The Kier molecular flexibility index (Phi) is 5.37. The van der Waals surface area contributed by atoms with Crippen LogP contribution in [0.25, 0.3) is 0 Å². The minimum Gasteiger partial charge on any atom is -0.326 e. The molecule has 2 N–H and O–H groups in total. The molecule has 0 bridgehead atoms. The van der Waals surface area contributed by atoms with E-state index in [-0.39, 0.29) is 18.2 Å². The molecule has 0 saturated heterocycles. The monoisotopic (exact) mass is 319 g/mol. The summed E-state index contributed by atoms with van der Waals surface area (Å²) in [6.07, 6.45) is 0.00122. The van der Waals surface area contributed by atoms with Crippen molar-refractivity contribution < 1.29 is 14.0 Å². The highest BCUT2D eigenvalue weighted by Gasteiger charge is 2.07. The number of hydrogen-bond acceptors (Lipinski definition) is 4. The average Bonchev–Trinajstić information content (AvgIpc) is 2.98. The van der Waals surface area contributed by atoms with E-state index in [1.165, 1.54) is 29.5 Å². The predicted octanol–water partition coefficient (Wildman–Crippen LogP) is 3.02. The van der Waals surface area contributed by atoms with Crippen molar-refractivity contribution >= 4 is 34.6 Å². The number of benzene rings is 1. The molecule has 0 aliphatic heterocycles. The summed E-state index contributed by atoms with van der Waals surface area (Å²) in [4.78, 5) is 24.0. The molecule has 0 aliphatic carbocycles. The lowest BCUT2D eigenvalue weighted by molar-refractivity contribution is -0.115. The molecule has 1 aromatic carbocycles. The Morgan fingerprint density at radius 2 is 2.09 bits per heavy atom. The van der Waals surface area contributed by atoms with Crippen LogP contribution in [0.5, 0.6) is 0 Å². The first-order valence-corrected chi connectivity index (χ1v) is 7.35. The Labute approximate surface area is 130 Å². The van der Waals surface area contributed by atoms with E-state index < -0.39 is 5.82 Å². The number of carbonyl (C=O) groups excluding carboxylic acids is 2. The third-order valence-electron chi connectivity index (χ3n) is 2.62. The third kappa shape index (κ3) is 4.78. The number of carbonyl (C=O) groups is 2. The van der Waals surface area contributed by atoms with Crippen molar-refractivity contribution in [2.45, 2.75) is 13.3 Å². The molecule has 2 amide bonds. The maximum Gasteiger partial charge on any atom is 0.281 e. The van der Waals surface area contributed by atoms with Gasteiger partial charge >= 0.3 is 0 Å². The van der Waals surface area contributed by atoms with Crippen LogP contribution in [0.4, 0.5) is 10.1 Å². The highest BCUT2D eigenvalue weighted by Crippen LogP contribution is 2.10. The van der Waals surface area contributed by atoms with E-state index >= 15 is 0 Å². The van der Waals surface area contributed by atoms with Gasteiger partial charge < -0.3 is 5.32 Å². The van der Waals surface area contributed by atoms with Crippen LogP contribution in [0.15, 0.2) is 46.9 Å². The molecule has 2 aromatic rings. The SMILES string of the molecule is C/C(CC(=O)Nc1cccc(F)c1)=N\NC(=O)c1cccs1. The van der Waals surface area contributed by atoms with E-state index in [4.69, 9.17) is 0 Å². The molecule has 0 aliphatic rings. The number of halogens is 1. The zero-order chi connectivity index (χ0) is 15.9. The standard InChI is InChI=1S/C15H14FN3O2S/c1-10(18-19-15(21)13-6-3-7-22-13)8-14(20)17-12-5-2-4-11(16)9-12/h2-7,9H,8H2,1H3,(H,17,20)(H,19,21)/b18-10+. The smallest absolute Gasteiger partial charge is 0.281 e. The quantitative estimate of drug-likeness (QED) is 0.657. The number of nitrogens with zero attached hydrogens (tertiary/aromatic N) is 1. The number of thiophene rings is 1. The van der Waals surface area contributed by atoms with Crippen molar-refractivity contribution in [3.8, 4) is 0 Å². The topological polar surface area (TPSA) is 70.6 Å². The molecule has 5 nitrogen and oxygen atoms in total. The molecule has 114 valence electrons. The number of hydrogen-bond donors (Lipinski definition) is 2. The van der Waals surface area contributed by atoms with Crippen molar-refractivity contribution in [1.82, 2.24) is 5.43 Å². The van der Waals surface area contributed by atoms with Crippen LogP contribution >= 0.6 is 11.3 Å². The van der Waals surface area contributed by atoms with Crippen molar-refractivity contribution in [3.63, 3.8) is 0 Å². The van der Waals surface area contributed by atoms with Crippen LogP contribution < -0.4 is 10.7 Å². The number of nitrogens with one attached hydrogen (secondary N) is 2. The summed E-state index contributed by atoms with van der Waals surface area (Å²) in [5, 5.41) is 8.22. The van der Waals surface area contributed by atoms with E-state index in [1.807, 2.05) is 0 Å². The molecule has 22 heavy (non-hydrogen) atoms. The molecular formula is C15H14FN3O2S. The van der Waals surface area contributed by atoms with E-state index in [2.05, 4.69) is 15.8 Å². The Hall–Kier alpha value is -2.54. The summed E-state index contributed by atoms with van der Waals surface area (Å²) in [6, 6.07) is 9.06. The van der Waals surface area contributed by atoms with Gasteiger partial charge in [-0.05, 0) is 36.6 Å². The van der Waals surface area contributed by atoms with E-state index in [1.54, 1.807) is 30.5 Å². The Morgan fingerprint density at radius 3 is 2.77 bits per heavy atom. The van der Waals surface area contributed by atoms with Gasteiger partial charge in [0.25, 0.3) is 5.91 Å². The normalized spacial score (nSPS) is 11.1. The molecule has 0 atom stereocenters. The van der Waals surface area contributed by atoms with Gasteiger partial charge in [-0.3, -0.25) is 9.59 Å². The maximum absolute atomic E-state index is 13.0. The van der Waals surface area contributed by atoms with E-state index in [9.17, 15) is 14.0 Å². The van der Waals surface area contributed by atoms with Crippen molar-refractivity contribution in [2.24, 2.45) is 5.10 Å². The van der Waals surface area contributed by atoms with Gasteiger partial charge in [-0.1, -0.05) is 12.1 Å². The minimum absolute atomic E-state index is 0.00122. The Morgan fingerprint density at radius 1 is 1.27 bits per heavy atom. The molecule has 0 spiro atoms. The zero-order valence-electron chi connectivity index (χ0n) is 11.8. The summed E-state index contributed by atoms with van der Waals surface area (Å²) in [6.45, 7) is 1.62. The van der Waals surface area contributed by atoms with Gasteiger partial charge in [-0.15, -0.1) is 11.3 Å². The first kappa shape index (κ1) is 15.8. The van der Waals surface area contributed by atoms with Crippen LogP contribution in [0.2, 0.25) is 0 Å².